The van der Waals surface area contributed by atoms with Crippen LogP contribution in [0.15, 0.2) is 48.5 Å². The third kappa shape index (κ3) is 3.20. The lowest BCUT2D eigenvalue weighted by Gasteiger charge is -2.12. The summed E-state index contributed by atoms with van der Waals surface area (Å²) in [4.78, 5) is 0. The van der Waals surface area contributed by atoms with Gasteiger partial charge in [0.05, 0.1) is 5.56 Å². The molecule has 0 bridgehead atoms. The molecule has 2 aromatic rings. The third-order valence-corrected chi connectivity index (χ3v) is 3.30. The Morgan fingerprint density at radius 3 is 2.20 bits per heavy atom. The largest absolute Gasteiger partial charge is 0.416 e. The van der Waals surface area contributed by atoms with Crippen LogP contribution in [0.4, 0.5) is 13.2 Å². The molecule has 0 heterocycles. The first-order valence-corrected chi connectivity index (χ1v) is 6.45. The highest BCUT2D eigenvalue weighted by atomic mass is 19.4. The van der Waals surface area contributed by atoms with E-state index in [4.69, 9.17) is 5.73 Å². The summed E-state index contributed by atoms with van der Waals surface area (Å²) in [7, 11) is 0. The Morgan fingerprint density at radius 2 is 1.65 bits per heavy atom. The van der Waals surface area contributed by atoms with Crippen LogP contribution >= 0.6 is 0 Å². The monoisotopic (exact) mass is 279 g/mol. The number of nitrogens with two attached hydrogens (primary N) is 1. The van der Waals surface area contributed by atoms with Crippen LogP contribution in [0.3, 0.4) is 0 Å². The zero-order valence-corrected chi connectivity index (χ0v) is 11.1. The van der Waals surface area contributed by atoms with Crippen molar-refractivity contribution in [3.05, 3.63) is 59.7 Å². The van der Waals surface area contributed by atoms with Crippen molar-refractivity contribution in [2.45, 2.75) is 25.6 Å². The molecule has 0 radical (unpaired) electrons. The Morgan fingerprint density at radius 1 is 1.00 bits per heavy atom. The maximum Gasteiger partial charge on any atom is 0.416 e. The smallest absolute Gasteiger partial charge is 0.324 e. The zero-order valence-electron chi connectivity index (χ0n) is 11.1. The first kappa shape index (κ1) is 14.6. The Labute approximate surface area is 116 Å². The summed E-state index contributed by atoms with van der Waals surface area (Å²) >= 11 is 0. The Hall–Kier alpha value is -1.81. The molecule has 0 aromatic heterocycles. The summed E-state index contributed by atoms with van der Waals surface area (Å²) in [5, 5.41) is 0. The average Bonchev–Trinajstić information content (AvgIpc) is 2.46. The zero-order chi connectivity index (χ0) is 14.8. The maximum atomic E-state index is 12.5. The quantitative estimate of drug-likeness (QED) is 0.859. The van der Waals surface area contributed by atoms with E-state index < -0.39 is 11.7 Å². The van der Waals surface area contributed by atoms with Gasteiger partial charge in [-0.15, -0.1) is 0 Å². The first-order valence-electron chi connectivity index (χ1n) is 6.45. The fraction of sp³-hybridized carbons (Fsp3) is 0.250. The van der Waals surface area contributed by atoms with E-state index in [1.165, 1.54) is 12.1 Å². The highest BCUT2D eigenvalue weighted by Gasteiger charge is 2.29. The molecule has 0 saturated carbocycles. The fourth-order valence-electron chi connectivity index (χ4n) is 2.04. The molecule has 20 heavy (non-hydrogen) atoms. The van der Waals surface area contributed by atoms with Gasteiger partial charge in [0.15, 0.2) is 0 Å². The molecular weight excluding hydrogens is 263 g/mol. The van der Waals surface area contributed by atoms with Crippen molar-refractivity contribution in [3.8, 4) is 11.1 Å². The van der Waals surface area contributed by atoms with Gasteiger partial charge in [0.25, 0.3) is 0 Å². The van der Waals surface area contributed by atoms with Gasteiger partial charge in [-0.05, 0) is 41.3 Å². The number of halogens is 3. The van der Waals surface area contributed by atoms with Crippen molar-refractivity contribution in [2.24, 2.45) is 5.73 Å². The Balaban J connectivity index is 2.32. The van der Waals surface area contributed by atoms with E-state index in [0.29, 0.717) is 0 Å². The van der Waals surface area contributed by atoms with Crippen LogP contribution in [-0.4, -0.2) is 0 Å². The molecule has 1 unspecified atom stereocenters. The van der Waals surface area contributed by atoms with Gasteiger partial charge < -0.3 is 5.73 Å². The van der Waals surface area contributed by atoms with Crippen molar-refractivity contribution in [2.75, 3.05) is 0 Å². The van der Waals surface area contributed by atoms with Crippen molar-refractivity contribution in [1.29, 1.82) is 0 Å². The summed E-state index contributed by atoms with van der Waals surface area (Å²) in [5.41, 5.74) is 7.96. The van der Waals surface area contributed by atoms with Gasteiger partial charge in [-0.25, -0.2) is 0 Å². The summed E-state index contributed by atoms with van der Waals surface area (Å²) in [6.45, 7) is 2.00. The minimum atomic E-state index is -4.30. The van der Waals surface area contributed by atoms with Gasteiger partial charge in [0, 0.05) is 6.04 Å². The molecular formula is C16H16F3N. The second-order valence-corrected chi connectivity index (χ2v) is 4.72. The number of hydrogen-bond acceptors (Lipinski definition) is 1. The highest BCUT2D eigenvalue weighted by Crippen LogP contribution is 2.31. The van der Waals surface area contributed by atoms with Crippen LogP contribution in [0.1, 0.15) is 30.5 Å². The van der Waals surface area contributed by atoms with Gasteiger partial charge >= 0.3 is 6.18 Å². The molecule has 2 N–H and O–H groups in total. The molecule has 4 heteroatoms. The second kappa shape index (κ2) is 5.67. The SMILES string of the molecule is CCC(N)c1cccc(-c2ccc(C(F)(F)F)cc2)c1. The van der Waals surface area contributed by atoms with E-state index in [1.54, 1.807) is 0 Å². The van der Waals surface area contributed by atoms with Gasteiger partial charge in [-0.1, -0.05) is 37.3 Å². The van der Waals surface area contributed by atoms with E-state index in [-0.39, 0.29) is 6.04 Å². The number of rotatable bonds is 3. The van der Waals surface area contributed by atoms with Crippen molar-refractivity contribution >= 4 is 0 Å². The number of hydrogen-bond donors (Lipinski definition) is 1. The van der Waals surface area contributed by atoms with E-state index in [2.05, 4.69) is 0 Å². The average molecular weight is 279 g/mol. The topological polar surface area (TPSA) is 26.0 Å². The molecule has 0 aliphatic rings. The molecule has 0 fully saturated rings. The number of alkyl halides is 3. The third-order valence-electron chi connectivity index (χ3n) is 3.30. The van der Waals surface area contributed by atoms with Crippen LogP contribution in [0.2, 0.25) is 0 Å². The van der Waals surface area contributed by atoms with E-state index in [9.17, 15) is 13.2 Å². The van der Waals surface area contributed by atoms with Crippen LogP contribution in [0.5, 0.6) is 0 Å². The first-order chi connectivity index (χ1) is 9.41. The molecule has 1 atom stereocenters. The Kier molecular flexibility index (Phi) is 4.14. The van der Waals surface area contributed by atoms with Crippen molar-refractivity contribution in [1.82, 2.24) is 0 Å². The molecule has 0 saturated heterocycles. The minimum Gasteiger partial charge on any atom is -0.324 e. The summed E-state index contributed by atoms with van der Waals surface area (Å²) in [6, 6.07) is 12.7. The van der Waals surface area contributed by atoms with Crippen LogP contribution in [0.25, 0.3) is 11.1 Å². The van der Waals surface area contributed by atoms with Gasteiger partial charge in [0.2, 0.25) is 0 Å². The molecule has 0 aliphatic carbocycles. The lowest BCUT2D eigenvalue weighted by atomic mass is 9.98. The maximum absolute atomic E-state index is 12.5. The standard InChI is InChI=1S/C16H16F3N/c1-2-15(20)13-5-3-4-12(10-13)11-6-8-14(9-7-11)16(17,18)19/h3-10,15H,2,20H2,1H3. The minimum absolute atomic E-state index is 0.0515. The van der Waals surface area contributed by atoms with E-state index in [1.807, 2.05) is 31.2 Å². The highest BCUT2D eigenvalue weighted by molar-refractivity contribution is 5.64. The van der Waals surface area contributed by atoms with Crippen molar-refractivity contribution < 1.29 is 13.2 Å². The predicted octanol–water partition coefficient (Wildman–Crippen LogP) is 4.78. The summed E-state index contributed by atoms with van der Waals surface area (Å²) in [6.07, 6.45) is -3.48. The van der Waals surface area contributed by atoms with E-state index in [0.717, 1.165) is 35.2 Å². The van der Waals surface area contributed by atoms with Gasteiger partial charge in [-0.2, -0.15) is 13.2 Å². The summed E-state index contributed by atoms with van der Waals surface area (Å²) in [5.74, 6) is 0. The van der Waals surface area contributed by atoms with Crippen LogP contribution < -0.4 is 5.73 Å². The number of benzene rings is 2. The van der Waals surface area contributed by atoms with E-state index >= 15 is 0 Å². The van der Waals surface area contributed by atoms with Crippen LogP contribution in [0, 0.1) is 0 Å². The molecule has 106 valence electrons. The van der Waals surface area contributed by atoms with Gasteiger partial charge in [0.1, 0.15) is 0 Å². The predicted molar refractivity (Wildman–Crippen MR) is 74.1 cm³/mol. The van der Waals surface area contributed by atoms with Crippen LogP contribution in [-0.2, 0) is 6.18 Å². The lowest BCUT2D eigenvalue weighted by molar-refractivity contribution is -0.137. The normalized spacial score (nSPS) is 13.2. The fourth-order valence-corrected chi connectivity index (χ4v) is 2.04. The molecule has 2 rings (SSSR count). The van der Waals surface area contributed by atoms with Gasteiger partial charge in [-0.3, -0.25) is 0 Å². The molecule has 1 nitrogen and oxygen atoms in total. The molecule has 0 amide bonds. The second-order valence-electron chi connectivity index (χ2n) is 4.72. The lowest BCUT2D eigenvalue weighted by Crippen LogP contribution is -2.08. The Bertz CT molecular complexity index is 573. The molecule has 2 aromatic carbocycles. The summed E-state index contributed by atoms with van der Waals surface area (Å²) < 4.78 is 37.6. The van der Waals surface area contributed by atoms with Crippen molar-refractivity contribution in [3.63, 3.8) is 0 Å². The molecule has 0 spiro atoms. The molecule has 0 aliphatic heterocycles.